The summed E-state index contributed by atoms with van der Waals surface area (Å²) in [5.74, 6) is -1.87. The fraction of sp³-hybridized carbons (Fsp3) is 0.400. The first-order chi connectivity index (χ1) is 10.8. The Bertz CT molecular complexity index is 691. The Morgan fingerprint density at radius 3 is 2.26 bits per heavy atom. The van der Waals surface area contributed by atoms with Crippen molar-refractivity contribution in [2.24, 2.45) is 0 Å². The molecule has 0 bridgehead atoms. The first-order valence-electron chi connectivity index (χ1n) is 7.24. The molecule has 1 aliphatic rings. The van der Waals surface area contributed by atoms with Gasteiger partial charge in [0.2, 0.25) is 15.9 Å². The second kappa shape index (κ2) is 7.18. The van der Waals surface area contributed by atoms with E-state index in [-0.39, 0.29) is 37.5 Å². The molecular formula is C15H18F2N2O3S. The van der Waals surface area contributed by atoms with E-state index in [4.69, 9.17) is 0 Å². The maximum atomic E-state index is 13.5. The van der Waals surface area contributed by atoms with Gasteiger partial charge in [0.1, 0.15) is 11.6 Å². The van der Waals surface area contributed by atoms with Crippen LogP contribution in [0.4, 0.5) is 8.78 Å². The second-order valence-electron chi connectivity index (χ2n) is 5.09. The predicted molar refractivity (Wildman–Crippen MR) is 83.0 cm³/mol. The van der Waals surface area contributed by atoms with Crippen LogP contribution in [0.3, 0.4) is 0 Å². The maximum absolute atomic E-state index is 13.5. The molecule has 0 radical (unpaired) electrons. The molecular weight excluding hydrogens is 326 g/mol. The van der Waals surface area contributed by atoms with Gasteiger partial charge in [-0.3, -0.25) is 4.79 Å². The van der Waals surface area contributed by atoms with Crippen molar-refractivity contribution in [2.45, 2.75) is 6.92 Å². The summed E-state index contributed by atoms with van der Waals surface area (Å²) in [6, 6.07) is 3.47. The van der Waals surface area contributed by atoms with Crippen molar-refractivity contribution in [3.05, 3.63) is 41.5 Å². The molecule has 1 aliphatic heterocycles. The van der Waals surface area contributed by atoms with Crippen molar-refractivity contribution < 1.29 is 22.0 Å². The Morgan fingerprint density at radius 1 is 1.17 bits per heavy atom. The standard InChI is InChI=1S/C15H18F2N2O3S/c1-2-23(21,22)19-10-8-18(9-11-19)15(20)7-6-12-13(16)4-3-5-14(12)17/h3-7H,2,8-11H2,1H3/b7-6+. The van der Waals surface area contributed by atoms with E-state index in [9.17, 15) is 22.0 Å². The number of hydrogen-bond acceptors (Lipinski definition) is 3. The molecule has 1 aromatic rings. The Kier molecular flexibility index (Phi) is 5.48. The lowest BCUT2D eigenvalue weighted by atomic mass is 10.2. The SMILES string of the molecule is CCS(=O)(=O)N1CCN(C(=O)/C=C/c2c(F)cccc2F)CC1. The zero-order valence-electron chi connectivity index (χ0n) is 12.7. The van der Waals surface area contributed by atoms with Gasteiger partial charge in [0, 0.05) is 37.8 Å². The van der Waals surface area contributed by atoms with Crippen LogP contribution in [0.5, 0.6) is 0 Å². The van der Waals surface area contributed by atoms with Crippen molar-refractivity contribution in [1.29, 1.82) is 0 Å². The van der Waals surface area contributed by atoms with Gasteiger partial charge in [-0.15, -0.1) is 0 Å². The third-order valence-electron chi connectivity index (χ3n) is 3.70. The molecule has 0 aliphatic carbocycles. The van der Waals surface area contributed by atoms with Gasteiger partial charge in [-0.25, -0.2) is 17.2 Å². The number of carbonyl (C=O) groups is 1. The summed E-state index contributed by atoms with van der Waals surface area (Å²) >= 11 is 0. The summed E-state index contributed by atoms with van der Waals surface area (Å²) in [4.78, 5) is 13.5. The fourth-order valence-electron chi connectivity index (χ4n) is 2.30. The Labute approximate surface area is 134 Å². The monoisotopic (exact) mass is 344 g/mol. The van der Waals surface area contributed by atoms with Gasteiger partial charge in [0.15, 0.2) is 0 Å². The van der Waals surface area contributed by atoms with Crippen LogP contribution in [0.2, 0.25) is 0 Å². The molecule has 0 atom stereocenters. The third-order valence-corrected chi connectivity index (χ3v) is 5.58. The Hall–Kier alpha value is -1.80. The van der Waals surface area contributed by atoms with E-state index in [1.54, 1.807) is 6.92 Å². The van der Waals surface area contributed by atoms with Crippen LogP contribution in [-0.4, -0.2) is 55.5 Å². The quantitative estimate of drug-likeness (QED) is 0.778. The molecule has 23 heavy (non-hydrogen) atoms. The molecule has 0 spiro atoms. The van der Waals surface area contributed by atoms with E-state index in [0.29, 0.717) is 0 Å². The zero-order valence-corrected chi connectivity index (χ0v) is 13.5. The van der Waals surface area contributed by atoms with Gasteiger partial charge in [-0.1, -0.05) is 6.07 Å². The third kappa shape index (κ3) is 4.14. The smallest absolute Gasteiger partial charge is 0.246 e. The summed E-state index contributed by atoms with van der Waals surface area (Å²) in [5.41, 5.74) is -0.270. The van der Waals surface area contributed by atoms with E-state index in [0.717, 1.165) is 24.3 Å². The fourth-order valence-corrected chi connectivity index (χ4v) is 3.38. The number of benzene rings is 1. The molecule has 1 saturated heterocycles. The molecule has 0 saturated carbocycles. The number of sulfonamides is 1. The highest BCUT2D eigenvalue weighted by molar-refractivity contribution is 7.89. The topological polar surface area (TPSA) is 57.7 Å². The van der Waals surface area contributed by atoms with Crippen molar-refractivity contribution >= 4 is 22.0 Å². The van der Waals surface area contributed by atoms with E-state index >= 15 is 0 Å². The van der Waals surface area contributed by atoms with Crippen LogP contribution in [0.1, 0.15) is 12.5 Å². The molecule has 5 nitrogen and oxygen atoms in total. The van der Waals surface area contributed by atoms with Crippen molar-refractivity contribution in [3.63, 3.8) is 0 Å². The summed E-state index contributed by atoms with van der Waals surface area (Å²) in [5, 5.41) is 0. The van der Waals surface area contributed by atoms with E-state index < -0.39 is 27.6 Å². The normalized spacial score (nSPS) is 16.9. The highest BCUT2D eigenvalue weighted by atomic mass is 32.2. The lowest BCUT2D eigenvalue weighted by molar-refractivity contribution is -0.127. The molecule has 1 amide bonds. The number of halogens is 2. The molecule has 126 valence electrons. The zero-order chi connectivity index (χ0) is 17.0. The molecule has 2 rings (SSSR count). The number of piperazine rings is 1. The number of rotatable bonds is 4. The predicted octanol–water partition coefficient (Wildman–Crippen LogP) is 1.47. The lowest BCUT2D eigenvalue weighted by Crippen LogP contribution is -2.50. The van der Waals surface area contributed by atoms with Gasteiger partial charge < -0.3 is 4.90 Å². The van der Waals surface area contributed by atoms with Crippen LogP contribution < -0.4 is 0 Å². The van der Waals surface area contributed by atoms with E-state index in [2.05, 4.69) is 0 Å². The number of hydrogen-bond donors (Lipinski definition) is 0. The minimum Gasteiger partial charge on any atom is -0.337 e. The van der Waals surface area contributed by atoms with Crippen LogP contribution in [-0.2, 0) is 14.8 Å². The minimum absolute atomic E-state index is 0.0212. The van der Waals surface area contributed by atoms with Gasteiger partial charge in [-0.05, 0) is 25.1 Å². The number of amides is 1. The lowest BCUT2D eigenvalue weighted by Gasteiger charge is -2.33. The maximum Gasteiger partial charge on any atom is 0.246 e. The summed E-state index contributed by atoms with van der Waals surface area (Å²) in [6.45, 7) is 2.52. The first-order valence-corrected chi connectivity index (χ1v) is 8.85. The average molecular weight is 344 g/mol. The van der Waals surface area contributed by atoms with Crippen molar-refractivity contribution in [3.8, 4) is 0 Å². The van der Waals surface area contributed by atoms with E-state index in [1.807, 2.05) is 0 Å². The summed E-state index contributed by atoms with van der Waals surface area (Å²) in [7, 11) is -3.26. The van der Waals surface area contributed by atoms with Gasteiger partial charge in [0.05, 0.1) is 5.75 Å². The molecule has 1 aromatic carbocycles. The largest absolute Gasteiger partial charge is 0.337 e. The first kappa shape index (κ1) is 17.6. The van der Waals surface area contributed by atoms with Gasteiger partial charge in [0.25, 0.3) is 0 Å². The number of carbonyl (C=O) groups excluding carboxylic acids is 1. The van der Waals surface area contributed by atoms with Gasteiger partial charge in [-0.2, -0.15) is 4.31 Å². The minimum atomic E-state index is -3.26. The average Bonchev–Trinajstić information content (AvgIpc) is 2.54. The van der Waals surface area contributed by atoms with Crippen molar-refractivity contribution in [1.82, 2.24) is 9.21 Å². The molecule has 0 unspecified atom stereocenters. The Morgan fingerprint density at radius 2 is 1.74 bits per heavy atom. The van der Waals surface area contributed by atoms with Crippen LogP contribution in [0, 0.1) is 11.6 Å². The van der Waals surface area contributed by atoms with Crippen LogP contribution in [0.15, 0.2) is 24.3 Å². The molecule has 1 heterocycles. The highest BCUT2D eigenvalue weighted by Crippen LogP contribution is 2.14. The highest BCUT2D eigenvalue weighted by Gasteiger charge is 2.26. The molecule has 0 N–H and O–H groups in total. The Balaban J connectivity index is 1.99. The van der Waals surface area contributed by atoms with Gasteiger partial charge >= 0.3 is 0 Å². The van der Waals surface area contributed by atoms with Crippen LogP contribution >= 0.6 is 0 Å². The molecule has 8 heteroatoms. The molecule has 0 aromatic heterocycles. The second-order valence-corrected chi connectivity index (χ2v) is 7.35. The summed E-state index contributed by atoms with van der Waals surface area (Å²) in [6.07, 6.45) is 2.20. The van der Waals surface area contributed by atoms with E-state index in [1.165, 1.54) is 15.3 Å². The van der Waals surface area contributed by atoms with Crippen LogP contribution in [0.25, 0.3) is 6.08 Å². The molecule has 1 fully saturated rings. The van der Waals surface area contributed by atoms with Crippen molar-refractivity contribution in [2.75, 3.05) is 31.9 Å². The summed E-state index contributed by atoms with van der Waals surface area (Å²) < 4.78 is 51.8. The number of nitrogens with zero attached hydrogens (tertiary/aromatic N) is 2.